The van der Waals surface area contributed by atoms with Crippen molar-refractivity contribution in [3.05, 3.63) is 75.1 Å². The minimum absolute atomic E-state index is 0. The maximum Gasteiger partial charge on any atom is 3.00 e. The van der Waals surface area contributed by atoms with Gasteiger partial charge in [0, 0.05) is 12.4 Å². The Balaban J connectivity index is -0.000000141. The van der Waals surface area contributed by atoms with Crippen molar-refractivity contribution in [1.29, 1.82) is 21.0 Å². The van der Waals surface area contributed by atoms with E-state index in [1.165, 1.54) is 0 Å². The summed E-state index contributed by atoms with van der Waals surface area (Å²) in [6, 6.07) is 11.6. The molecule has 0 aliphatic heterocycles. The largest absolute Gasteiger partial charge is 3.00 e. The van der Waals surface area contributed by atoms with Crippen LogP contribution < -0.4 is 0 Å². The zero-order chi connectivity index (χ0) is 16.2. The fourth-order valence-corrected chi connectivity index (χ4v) is 1.03. The molecule has 0 atom stereocenters. The molecule has 7 heteroatoms. The van der Waals surface area contributed by atoms with E-state index in [0.717, 1.165) is 11.4 Å². The molecule has 0 saturated heterocycles. The number of nitrogens with zero attached hydrogens (tertiary/aromatic N) is 6. The van der Waals surface area contributed by atoms with Crippen LogP contribution in [0.4, 0.5) is 0 Å². The number of hydrogen-bond acceptors (Lipinski definition) is 6. The van der Waals surface area contributed by atoms with Crippen LogP contribution >= 0.6 is 0 Å². The third kappa shape index (κ3) is 13.0. The molecule has 21 heavy (non-hydrogen) atoms. The van der Waals surface area contributed by atoms with Crippen molar-refractivity contribution in [1.82, 2.24) is 9.97 Å². The van der Waals surface area contributed by atoms with Crippen molar-refractivity contribution in [2.45, 2.75) is 0 Å². The zero-order valence-corrected chi connectivity index (χ0v) is 11.8. The van der Waals surface area contributed by atoms with Gasteiger partial charge in [-0.25, -0.2) is 0 Å². The standard InChI is InChI=1S/C10H8N2.4CN.Fe/c1-3-7-11-9(5-1)10-6-2-4-8-12-10;4*1-2;/h1-8H;;;;;/q;4*-1;+3. The molecule has 0 fully saturated rings. The van der Waals surface area contributed by atoms with Gasteiger partial charge in [0.2, 0.25) is 0 Å². The van der Waals surface area contributed by atoms with E-state index >= 15 is 0 Å². The van der Waals surface area contributed by atoms with Gasteiger partial charge in [-0.1, -0.05) is 12.1 Å². The molecule has 0 aromatic carbocycles. The number of rotatable bonds is 1. The monoisotopic (exact) mass is 316 g/mol. The second-order valence-electron chi connectivity index (χ2n) is 2.43. The molecule has 2 rings (SSSR count). The summed E-state index contributed by atoms with van der Waals surface area (Å²) >= 11 is 0. The molecule has 103 valence electrons. The number of pyridine rings is 2. The van der Waals surface area contributed by atoms with Crippen LogP contribution in [-0.2, 0) is 17.1 Å². The Labute approximate surface area is 135 Å². The molecule has 0 saturated carbocycles. The quantitative estimate of drug-likeness (QED) is 0.588. The molecule has 2 aromatic rings. The molecule has 0 bridgehead atoms. The summed E-state index contributed by atoms with van der Waals surface area (Å²) in [5.41, 5.74) is 1.83. The fraction of sp³-hybridized carbons (Fsp3) is 0. The van der Waals surface area contributed by atoms with Crippen LogP contribution in [0.2, 0.25) is 0 Å². The van der Waals surface area contributed by atoms with Crippen LogP contribution in [0.15, 0.2) is 48.8 Å². The summed E-state index contributed by atoms with van der Waals surface area (Å²) in [5.74, 6) is 0. The Morgan fingerprint density at radius 2 is 0.857 bits per heavy atom. The van der Waals surface area contributed by atoms with Gasteiger partial charge in [-0.3, -0.25) is 9.97 Å². The number of hydrogen-bond donors (Lipinski definition) is 0. The van der Waals surface area contributed by atoms with Gasteiger partial charge in [-0.2, -0.15) is 0 Å². The van der Waals surface area contributed by atoms with Gasteiger partial charge in [0.25, 0.3) is 0 Å². The van der Waals surface area contributed by atoms with E-state index < -0.39 is 0 Å². The van der Waals surface area contributed by atoms with Crippen LogP contribution in [0, 0.1) is 47.3 Å². The van der Waals surface area contributed by atoms with E-state index in [0.29, 0.717) is 0 Å². The van der Waals surface area contributed by atoms with Gasteiger partial charge in [0.05, 0.1) is 11.4 Å². The van der Waals surface area contributed by atoms with Gasteiger partial charge < -0.3 is 47.3 Å². The van der Waals surface area contributed by atoms with Crippen molar-refractivity contribution in [3.8, 4) is 11.4 Å². The van der Waals surface area contributed by atoms with Crippen LogP contribution in [0.5, 0.6) is 0 Å². The van der Waals surface area contributed by atoms with Crippen LogP contribution in [0.25, 0.3) is 11.4 Å². The molecule has 2 aromatic heterocycles. The maximum atomic E-state index is 6.25. The van der Waals surface area contributed by atoms with Gasteiger partial charge in [0.1, 0.15) is 0 Å². The third-order valence-corrected chi connectivity index (χ3v) is 1.59. The van der Waals surface area contributed by atoms with E-state index in [2.05, 4.69) is 9.97 Å². The van der Waals surface area contributed by atoms with Crippen molar-refractivity contribution < 1.29 is 17.1 Å². The summed E-state index contributed by atoms with van der Waals surface area (Å²) in [6.45, 7) is 19.0. The topological polar surface area (TPSA) is 121 Å². The predicted molar refractivity (Wildman–Crippen MR) is 67.3 cm³/mol. The zero-order valence-electron chi connectivity index (χ0n) is 10.7. The summed E-state index contributed by atoms with van der Waals surface area (Å²) in [7, 11) is 0. The van der Waals surface area contributed by atoms with Gasteiger partial charge >= 0.3 is 17.1 Å². The second kappa shape index (κ2) is 25.6. The van der Waals surface area contributed by atoms with Crippen LogP contribution in [0.3, 0.4) is 0 Å². The number of aromatic nitrogens is 2. The molecule has 6 nitrogen and oxygen atoms in total. The minimum Gasteiger partial charge on any atom is -0.512 e. The first-order chi connectivity index (χ1) is 9.97. The van der Waals surface area contributed by atoms with Crippen LogP contribution in [0.1, 0.15) is 0 Å². The molecule has 0 spiro atoms. The first-order valence-electron chi connectivity index (χ1n) is 4.69. The molecule has 0 aliphatic carbocycles. The maximum absolute atomic E-state index is 6.25. The molecule has 0 N–H and O–H groups in total. The van der Waals surface area contributed by atoms with Crippen LogP contribution in [-0.4, -0.2) is 9.97 Å². The Morgan fingerprint density at radius 1 is 0.571 bits per heavy atom. The summed E-state index contributed by atoms with van der Waals surface area (Å²) in [4.78, 5) is 8.37. The van der Waals surface area contributed by atoms with Gasteiger partial charge in [0.15, 0.2) is 0 Å². The van der Waals surface area contributed by atoms with E-state index in [1.54, 1.807) is 12.4 Å². The summed E-state index contributed by atoms with van der Waals surface area (Å²) in [5, 5.41) is 25.0. The van der Waals surface area contributed by atoms with E-state index in [9.17, 15) is 0 Å². The average molecular weight is 316 g/mol. The van der Waals surface area contributed by atoms with E-state index in [1.807, 2.05) is 36.4 Å². The van der Waals surface area contributed by atoms with Crippen molar-refractivity contribution in [2.75, 3.05) is 0 Å². The van der Waals surface area contributed by atoms with Crippen molar-refractivity contribution >= 4 is 0 Å². The van der Waals surface area contributed by atoms with E-state index in [4.69, 9.17) is 47.3 Å². The predicted octanol–water partition coefficient (Wildman–Crippen LogP) is 2.53. The Kier molecular flexibility index (Phi) is 32.1. The normalized spacial score (nSPS) is 5.90. The first kappa shape index (κ1) is 26.4. The fourth-order valence-electron chi connectivity index (χ4n) is 1.03. The Bertz CT molecular complexity index is 443. The van der Waals surface area contributed by atoms with Gasteiger partial charge in [-0.15, -0.1) is 0 Å². The van der Waals surface area contributed by atoms with Crippen molar-refractivity contribution in [2.24, 2.45) is 0 Å². The third-order valence-electron chi connectivity index (χ3n) is 1.59. The average Bonchev–Trinajstić information content (AvgIpc) is 2.63. The molecular formula is C14H8FeN6-. The summed E-state index contributed by atoms with van der Waals surface area (Å²) in [6.07, 6.45) is 3.54. The first-order valence-corrected chi connectivity index (χ1v) is 4.69. The smallest absolute Gasteiger partial charge is 0.512 e. The van der Waals surface area contributed by atoms with E-state index in [-0.39, 0.29) is 17.1 Å². The molecule has 0 aliphatic rings. The van der Waals surface area contributed by atoms with Gasteiger partial charge in [-0.05, 0) is 24.3 Å². The SMILES string of the molecule is [C-]#N.[C-]#N.[C-]#N.[C-]#N.[Fe+3].c1ccc(-c2ccccn2)nc1. The molecule has 0 amide bonds. The van der Waals surface area contributed by atoms with Crippen molar-refractivity contribution in [3.63, 3.8) is 0 Å². The minimum atomic E-state index is 0. The Morgan fingerprint density at radius 3 is 1.05 bits per heavy atom. The molecule has 2 heterocycles. The summed E-state index contributed by atoms with van der Waals surface area (Å²) < 4.78 is 0. The molecular weight excluding hydrogens is 308 g/mol. The second-order valence-corrected chi connectivity index (χ2v) is 2.43. The Hall–Kier alpha value is -3.22. The molecule has 0 unspecified atom stereocenters. The molecule has 1 radical (unpaired) electrons.